The van der Waals surface area contributed by atoms with E-state index in [2.05, 4.69) is 44.2 Å². The molecule has 2 rings (SSSR count). The van der Waals surface area contributed by atoms with E-state index in [1.165, 1.54) is 23.4 Å². The van der Waals surface area contributed by atoms with E-state index in [4.69, 9.17) is 5.73 Å². The molecular formula is C15H26N2S. The summed E-state index contributed by atoms with van der Waals surface area (Å²) in [5, 5.41) is 2.19. The monoisotopic (exact) mass is 266 g/mol. The van der Waals surface area contributed by atoms with Crippen molar-refractivity contribution in [3.63, 3.8) is 0 Å². The largest absolute Gasteiger partial charge is 0.326 e. The van der Waals surface area contributed by atoms with Crippen molar-refractivity contribution in [3.05, 3.63) is 21.9 Å². The van der Waals surface area contributed by atoms with Crippen LogP contribution in [0.4, 0.5) is 0 Å². The van der Waals surface area contributed by atoms with Gasteiger partial charge in [0.25, 0.3) is 0 Å². The van der Waals surface area contributed by atoms with Crippen LogP contribution in [-0.4, -0.2) is 24.5 Å². The Morgan fingerprint density at radius 1 is 1.56 bits per heavy atom. The summed E-state index contributed by atoms with van der Waals surface area (Å²) in [6.45, 7) is 7.93. The van der Waals surface area contributed by atoms with E-state index in [1.54, 1.807) is 0 Å². The first-order chi connectivity index (χ1) is 8.54. The van der Waals surface area contributed by atoms with Gasteiger partial charge in [-0.1, -0.05) is 13.8 Å². The summed E-state index contributed by atoms with van der Waals surface area (Å²) in [4.78, 5) is 3.95. The standard InChI is InChI=1S/C15H26N2S/c1-5-13(16)14(15-10(2)6-7-18-15)17(4)9-12-8-11(12)3/h6-7,11-14H,5,8-9,16H2,1-4H3. The molecule has 0 bridgehead atoms. The predicted octanol–water partition coefficient (Wildman–Crippen LogP) is 3.42. The minimum Gasteiger partial charge on any atom is -0.326 e. The first kappa shape index (κ1) is 14.0. The maximum absolute atomic E-state index is 6.37. The van der Waals surface area contributed by atoms with E-state index in [0.29, 0.717) is 6.04 Å². The van der Waals surface area contributed by atoms with E-state index in [9.17, 15) is 0 Å². The fourth-order valence-corrected chi connectivity index (χ4v) is 3.94. The molecule has 2 nitrogen and oxygen atoms in total. The lowest BCUT2D eigenvalue weighted by Gasteiger charge is -2.32. The summed E-state index contributed by atoms with van der Waals surface area (Å²) in [6.07, 6.45) is 2.43. The van der Waals surface area contributed by atoms with Crippen LogP contribution in [0.15, 0.2) is 11.4 Å². The highest BCUT2D eigenvalue weighted by Crippen LogP contribution is 2.40. The van der Waals surface area contributed by atoms with E-state index >= 15 is 0 Å². The van der Waals surface area contributed by atoms with Crippen LogP contribution >= 0.6 is 11.3 Å². The normalized spacial score (nSPS) is 26.3. The van der Waals surface area contributed by atoms with Crippen molar-refractivity contribution in [1.29, 1.82) is 0 Å². The number of aryl methyl sites for hydroxylation is 1. The second-order valence-electron chi connectivity index (χ2n) is 5.90. The summed E-state index contributed by atoms with van der Waals surface area (Å²) >= 11 is 1.86. The Bertz CT molecular complexity index is 388. The molecule has 4 atom stereocenters. The smallest absolute Gasteiger partial charge is 0.0593 e. The van der Waals surface area contributed by atoms with Crippen LogP contribution in [0, 0.1) is 18.8 Å². The van der Waals surface area contributed by atoms with Crippen molar-refractivity contribution in [2.75, 3.05) is 13.6 Å². The number of nitrogens with zero attached hydrogens (tertiary/aromatic N) is 1. The van der Waals surface area contributed by atoms with Gasteiger partial charge in [-0.15, -0.1) is 11.3 Å². The summed E-state index contributed by atoms with van der Waals surface area (Å²) < 4.78 is 0. The van der Waals surface area contributed by atoms with Crippen molar-refractivity contribution in [3.8, 4) is 0 Å². The summed E-state index contributed by atoms with van der Waals surface area (Å²) in [6, 6.07) is 2.84. The number of rotatable bonds is 6. The number of hydrogen-bond acceptors (Lipinski definition) is 3. The highest BCUT2D eigenvalue weighted by Gasteiger charge is 2.36. The van der Waals surface area contributed by atoms with Gasteiger partial charge < -0.3 is 5.73 Å². The zero-order chi connectivity index (χ0) is 13.3. The molecule has 0 saturated heterocycles. The Morgan fingerprint density at radius 2 is 2.22 bits per heavy atom. The Hall–Kier alpha value is -0.380. The molecule has 1 aliphatic rings. The molecule has 0 aliphatic heterocycles. The average Bonchev–Trinajstić information content (AvgIpc) is 2.84. The molecular weight excluding hydrogens is 240 g/mol. The molecule has 1 fully saturated rings. The molecule has 102 valence electrons. The van der Waals surface area contributed by atoms with Gasteiger partial charge in [-0.2, -0.15) is 0 Å². The molecule has 1 aliphatic carbocycles. The maximum atomic E-state index is 6.37. The molecule has 1 heterocycles. The van der Waals surface area contributed by atoms with Gasteiger partial charge in [0.05, 0.1) is 6.04 Å². The molecule has 1 saturated carbocycles. The summed E-state index contributed by atoms with van der Waals surface area (Å²) in [7, 11) is 2.24. The SMILES string of the molecule is CCC(N)C(c1sccc1C)N(C)CC1CC1C. The number of hydrogen-bond donors (Lipinski definition) is 1. The van der Waals surface area contributed by atoms with Gasteiger partial charge in [0.15, 0.2) is 0 Å². The van der Waals surface area contributed by atoms with Crippen LogP contribution < -0.4 is 5.73 Å². The van der Waals surface area contributed by atoms with Gasteiger partial charge in [0.2, 0.25) is 0 Å². The van der Waals surface area contributed by atoms with Crippen LogP contribution in [0.2, 0.25) is 0 Å². The fraction of sp³-hybridized carbons (Fsp3) is 0.733. The van der Waals surface area contributed by atoms with Crippen molar-refractivity contribution >= 4 is 11.3 Å². The topological polar surface area (TPSA) is 29.3 Å². The first-order valence-corrected chi connectivity index (χ1v) is 7.92. The number of likely N-dealkylation sites (N-methyl/N-ethyl adjacent to an activating group) is 1. The summed E-state index contributed by atoms with van der Waals surface area (Å²) in [5.41, 5.74) is 7.77. The van der Waals surface area contributed by atoms with E-state index in [-0.39, 0.29) is 6.04 Å². The molecule has 0 aromatic carbocycles. The fourth-order valence-electron chi connectivity index (χ4n) is 2.77. The van der Waals surface area contributed by atoms with Gasteiger partial charge in [-0.3, -0.25) is 4.90 Å². The second kappa shape index (κ2) is 5.72. The number of nitrogens with two attached hydrogens (primary N) is 1. The Balaban J connectivity index is 2.12. The maximum Gasteiger partial charge on any atom is 0.0593 e. The third-order valence-electron chi connectivity index (χ3n) is 4.32. The van der Waals surface area contributed by atoms with Gasteiger partial charge in [-0.25, -0.2) is 0 Å². The molecule has 1 aromatic rings. The Morgan fingerprint density at radius 3 is 2.67 bits per heavy atom. The molecule has 0 radical (unpaired) electrons. The first-order valence-electron chi connectivity index (χ1n) is 7.04. The van der Waals surface area contributed by atoms with Crippen molar-refractivity contribution < 1.29 is 0 Å². The highest BCUT2D eigenvalue weighted by atomic mass is 32.1. The van der Waals surface area contributed by atoms with Crippen LogP contribution in [0.5, 0.6) is 0 Å². The van der Waals surface area contributed by atoms with Gasteiger partial charge >= 0.3 is 0 Å². The lowest BCUT2D eigenvalue weighted by molar-refractivity contribution is 0.202. The second-order valence-corrected chi connectivity index (χ2v) is 6.85. The molecule has 4 unspecified atom stereocenters. The average molecular weight is 266 g/mol. The quantitative estimate of drug-likeness (QED) is 0.855. The summed E-state index contributed by atoms with van der Waals surface area (Å²) in [5.74, 6) is 1.80. The molecule has 3 heteroatoms. The molecule has 2 N–H and O–H groups in total. The van der Waals surface area contributed by atoms with Gasteiger partial charge in [0, 0.05) is 17.5 Å². The number of thiophene rings is 1. The molecule has 0 spiro atoms. The van der Waals surface area contributed by atoms with E-state index < -0.39 is 0 Å². The van der Waals surface area contributed by atoms with Crippen LogP contribution in [0.3, 0.4) is 0 Å². The van der Waals surface area contributed by atoms with Crippen molar-refractivity contribution in [2.45, 2.75) is 45.7 Å². The van der Waals surface area contributed by atoms with E-state index in [0.717, 1.165) is 18.3 Å². The minimum atomic E-state index is 0.237. The van der Waals surface area contributed by atoms with Gasteiger partial charge in [-0.05, 0) is 55.7 Å². The van der Waals surface area contributed by atoms with Crippen molar-refractivity contribution in [2.24, 2.45) is 17.6 Å². The van der Waals surface area contributed by atoms with Gasteiger partial charge in [0.1, 0.15) is 0 Å². The Kier molecular flexibility index (Phi) is 4.46. The zero-order valence-electron chi connectivity index (χ0n) is 12.0. The highest BCUT2D eigenvalue weighted by molar-refractivity contribution is 7.10. The van der Waals surface area contributed by atoms with Crippen LogP contribution in [-0.2, 0) is 0 Å². The Labute approximate surface area is 115 Å². The molecule has 18 heavy (non-hydrogen) atoms. The lowest BCUT2D eigenvalue weighted by atomic mass is 10.0. The van der Waals surface area contributed by atoms with E-state index in [1.807, 2.05) is 11.3 Å². The lowest BCUT2D eigenvalue weighted by Crippen LogP contribution is -2.39. The zero-order valence-corrected chi connectivity index (χ0v) is 12.8. The molecule has 0 amide bonds. The predicted molar refractivity (Wildman–Crippen MR) is 80.0 cm³/mol. The van der Waals surface area contributed by atoms with Crippen LogP contribution in [0.25, 0.3) is 0 Å². The van der Waals surface area contributed by atoms with Crippen LogP contribution in [0.1, 0.15) is 43.2 Å². The third kappa shape index (κ3) is 2.95. The van der Waals surface area contributed by atoms with Crippen molar-refractivity contribution in [1.82, 2.24) is 4.90 Å². The molecule has 1 aromatic heterocycles. The minimum absolute atomic E-state index is 0.237. The third-order valence-corrected chi connectivity index (χ3v) is 5.41.